The second kappa shape index (κ2) is 5.84. The van der Waals surface area contributed by atoms with Crippen LogP contribution in [0.1, 0.15) is 0 Å². The smallest absolute Gasteiger partial charge is 0.219 e. The Morgan fingerprint density at radius 1 is 0.550 bits per heavy atom. The molecule has 3 aromatic rings. The summed E-state index contributed by atoms with van der Waals surface area (Å²) in [7, 11) is 0. The van der Waals surface area contributed by atoms with E-state index >= 15 is 0 Å². The largest absolute Gasteiger partial charge is 0.435 e. The SMILES string of the molecule is c1ccc(Oc2ccccc2Oc2ccccn2)nc1. The molecule has 2 aromatic heterocycles. The van der Waals surface area contributed by atoms with Crippen LogP contribution in [0.15, 0.2) is 73.1 Å². The molecule has 3 rings (SSSR count). The maximum absolute atomic E-state index is 5.72. The minimum absolute atomic E-state index is 0.518. The Balaban J connectivity index is 1.85. The molecule has 4 heteroatoms. The second-order valence-corrected chi connectivity index (χ2v) is 3.99. The van der Waals surface area contributed by atoms with Crippen LogP contribution in [0.4, 0.5) is 0 Å². The van der Waals surface area contributed by atoms with Gasteiger partial charge in [0.15, 0.2) is 11.5 Å². The number of benzene rings is 1. The quantitative estimate of drug-likeness (QED) is 0.712. The molecule has 98 valence electrons. The van der Waals surface area contributed by atoms with Crippen LogP contribution in [0.2, 0.25) is 0 Å². The fourth-order valence-electron chi connectivity index (χ4n) is 1.66. The third-order valence-electron chi connectivity index (χ3n) is 2.55. The summed E-state index contributed by atoms with van der Waals surface area (Å²) in [6.45, 7) is 0. The van der Waals surface area contributed by atoms with Gasteiger partial charge in [0.25, 0.3) is 0 Å². The lowest BCUT2D eigenvalue weighted by atomic mass is 10.3. The summed E-state index contributed by atoms with van der Waals surface area (Å²) in [6.07, 6.45) is 3.36. The molecule has 0 aliphatic rings. The predicted molar refractivity (Wildman–Crippen MR) is 75.1 cm³/mol. The highest BCUT2D eigenvalue weighted by Crippen LogP contribution is 2.32. The fourth-order valence-corrected chi connectivity index (χ4v) is 1.66. The zero-order chi connectivity index (χ0) is 13.6. The number of pyridine rings is 2. The second-order valence-electron chi connectivity index (χ2n) is 3.99. The molecule has 0 spiro atoms. The number of para-hydroxylation sites is 2. The lowest BCUT2D eigenvalue weighted by molar-refractivity contribution is 0.402. The van der Waals surface area contributed by atoms with Crippen LogP contribution in [0, 0.1) is 0 Å². The first kappa shape index (κ1) is 12.2. The third kappa shape index (κ3) is 2.92. The summed E-state index contributed by atoms with van der Waals surface area (Å²) in [6, 6.07) is 18.4. The molecule has 0 aliphatic carbocycles. The zero-order valence-electron chi connectivity index (χ0n) is 10.6. The molecule has 1 aromatic carbocycles. The van der Waals surface area contributed by atoms with E-state index < -0.39 is 0 Å². The number of ether oxygens (including phenoxy) is 2. The lowest BCUT2D eigenvalue weighted by Crippen LogP contribution is -1.92. The van der Waals surface area contributed by atoms with Crippen molar-refractivity contribution in [1.82, 2.24) is 9.97 Å². The van der Waals surface area contributed by atoms with E-state index in [9.17, 15) is 0 Å². The molecule has 0 fully saturated rings. The van der Waals surface area contributed by atoms with Crippen molar-refractivity contribution in [2.45, 2.75) is 0 Å². The maximum atomic E-state index is 5.72. The van der Waals surface area contributed by atoms with E-state index in [0.29, 0.717) is 23.3 Å². The Labute approximate surface area is 116 Å². The van der Waals surface area contributed by atoms with Gasteiger partial charge in [-0.05, 0) is 24.3 Å². The van der Waals surface area contributed by atoms with Gasteiger partial charge in [-0.1, -0.05) is 24.3 Å². The molecule has 0 amide bonds. The highest BCUT2D eigenvalue weighted by Gasteiger charge is 2.07. The lowest BCUT2D eigenvalue weighted by Gasteiger charge is -2.10. The molecule has 0 unspecified atom stereocenters. The molecular weight excluding hydrogens is 252 g/mol. The first-order valence-corrected chi connectivity index (χ1v) is 6.18. The van der Waals surface area contributed by atoms with Gasteiger partial charge in [0.05, 0.1) is 0 Å². The van der Waals surface area contributed by atoms with E-state index in [-0.39, 0.29) is 0 Å². The molecular formula is C16H12N2O2. The third-order valence-corrected chi connectivity index (χ3v) is 2.55. The number of aromatic nitrogens is 2. The van der Waals surface area contributed by atoms with Crippen LogP contribution in [0.3, 0.4) is 0 Å². The monoisotopic (exact) mass is 264 g/mol. The van der Waals surface area contributed by atoms with Crippen molar-refractivity contribution in [1.29, 1.82) is 0 Å². The average molecular weight is 264 g/mol. The molecule has 20 heavy (non-hydrogen) atoms. The zero-order valence-corrected chi connectivity index (χ0v) is 10.6. The van der Waals surface area contributed by atoms with Crippen LogP contribution < -0.4 is 9.47 Å². The summed E-state index contributed by atoms with van der Waals surface area (Å²) in [5, 5.41) is 0. The van der Waals surface area contributed by atoms with Crippen LogP contribution in [0.5, 0.6) is 23.3 Å². The van der Waals surface area contributed by atoms with Crippen molar-refractivity contribution in [3.05, 3.63) is 73.1 Å². The standard InChI is InChI=1S/C16H12N2O2/c1-2-8-14(20-16-10-4-6-12-18-16)13(7-1)19-15-9-3-5-11-17-15/h1-12H. The molecule has 0 bridgehead atoms. The Kier molecular flexibility index (Phi) is 3.55. The Bertz CT molecular complexity index is 612. The van der Waals surface area contributed by atoms with Crippen LogP contribution in [-0.2, 0) is 0 Å². The minimum atomic E-state index is 0.518. The molecule has 0 atom stereocenters. The van der Waals surface area contributed by atoms with Gasteiger partial charge in [-0.25, -0.2) is 9.97 Å². The van der Waals surface area contributed by atoms with Gasteiger partial charge in [-0.2, -0.15) is 0 Å². The molecule has 4 nitrogen and oxygen atoms in total. The van der Waals surface area contributed by atoms with Crippen LogP contribution >= 0.6 is 0 Å². The van der Waals surface area contributed by atoms with Gasteiger partial charge in [-0.3, -0.25) is 0 Å². The summed E-state index contributed by atoms with van der Waals surface area (Å²) in [4.78, 5) is 8.26. The van der Waals surface area contributed by atoms with Gasteiger partial charge in [0.1, 0.15) is 0 Å². The van der Waals surface area contributed by atoms with E-state index in [1.165, 1.54) is 0 Å². The van der Waals surface area contributed by atoms with E-state index in [1.807, 2.05) is 48.5 Å². The van der Waals surface area contributed by atoms with Gasteiger partial charge in [0.2, 0.25) is 11.8 Å². The van der Waals surface area contributed by atoms with Gasteiger partial charge in [0, 0.05) is 24.5 Å². The fraction of sp³-hybridized carbons (Fsp3) is 0. The normalized spacial score (nSPS) is 10.0. The van der Waals surface area contributed by atoms with Crippen molar-refractivity contribution in [2.75, 3.05) is 0 Å². The van der Waals surface area contributed by atoms with Gasteiger partial charge >= 0.3 is 0 Å². The van der Waals surface area contributed by atoms with Crippen molar-refractivity contribution in [3.8, 4) is 23.3 Å². The summed E-state index contributed by atoms with van der Waals surface area (Å²) >= 11 is 0. The summed E-state index contributed by atoms with van der Waals surface area (Å²) in [5.74, 6) is 2.22. The first-order chi connectivity index (χ1) is 9.92. The molecule has 0 saturated heterocycles. The predicted octanol–water partition coefficient (Wildman–Crippen LogP) is 4.06. The molecule has 0 aliphatic heterocycles. The number of nitrogens with zero attached hydrogens (tertiary/aromatic N) is 2. The van der Waals surface area contributed by atoms with Crippen LogP contribution in [-0.4, -0.2) is 9.97 Å². The van der Waals surface area contributed by atoms with Crippen molar-refractivity contribution in [3.63, 3.8) is 0 Å². The highest BCUT2D eigenvalue weighted by atomic mass is 16.5. The van der Waals surface area contributed by atoms with Gasteiger partial charge < -0.3 is 9.47 Å². The van der Waals surface area contributed by atoms with Crippen LogP contribution in [0.25, 0.3) is 0 Å². The van der Waals surface area contributed by atoms with Crippen molar-refractivity contribution < 1.29 is 9.47 Å². The Morgan fingerprint density at radius 2 is 1.00 bits per heavy atom. The molecule has 0 radical (unpaired) electrons. The van der Waals surface area contributed by atoms with Crippen molar-refractivity contribution in [2.24, 2.45) is 0 Å². The Hall–Kier alpha value is -2.88. The van der Waals surface area contributed by atoms with E-state index in [4.69, 9.17) is 9.47 Å². The summed E-state index contributed by atoms with van der Waals surface area (Å²) < 4.78 is 11.4. The van der Waals surface area contributed by atoms with Crippen molar-refractivity contribution >= 4 is 0 Å². The average Bonchev–Trinajstić information content (AvgIpc) is 2.51. The molecule has 0 saturated carbocycles. The maximum Gasteiger partial charge on any atom is 0.219 e. The van der Waals surface area contributed by atoms with E-state index in [1.54, 1.807) is 24.5 Å². The number of rotatable bonds is 4. The van der Waals surface area contributed by atoms with Gasteiger partial charge in [-0.15, -0.1) is 0 Å². The molecule has 0 N–H and O–H groups in total. The minimum Gasteiger partial charge on any atom is -0.435 e. The summed E-state index contributed by atoms with van der Waals surface area (Å²) in [5.41, 5.74) is 0. The Morgan fingerprint density at radius 3 is 1.40 bits per heavy atom. The highest BCUT2D eigenvalue weighted by molar-refractivity contribution is 5.43. The first-order valence-electron chi connectivity index (χ1n) is 6.18. The number of hydrogen-bond acceptors (Lipinski definition) is 4. The number of hydrogen-bond donors (Lipinski definition) is 0. The van der Waals surface area contributed by atoms with E-state index in [2.05, 4.69) is 9.97 Å². The van der Waals surface area contributed by atoms with E-state index in [0.717, 1.165) is 0 Å². The topological polar surface area (TPSA) is 44.2 Å². The molecule has 2 heterocycles.